The molecule has 0 spiro atoms. The summed E-state index contributed by atoms with van der Waals surface area (Å²) < 4.78 is 16.3. The summed E-state index contributed by atoms with van der Waals surface area (Å²) >= 11 is 0. The van der Waals surface area contributed by atoms with E-state index >= 15 is 0 Å². The lowest BCUT2D eigenvalue weighted by Gasteiger charge is -2.22. The molecule has 1 fully saturated rings. The summed E-state index contributed by atoms with van der Waals surface area (Å²) in [5.74, 6) is 0.888. The van der Waals surface area contributed by atoms with Crippen LogP contribution in [0.3, 0.4) is 0 Å². The Morgan fingerprint density at radius 2 is 2.00 bits per heavy atom. The molecule has 2 aromatic rings. The Morgan fingerprint density at radius 3 is 2.71 bits per heavy atom. The molecule has 0 bridgehead atoms. The van der Waals surface area contributed by atoms with Crippen molar-refractivity contribution in [3.8, 4) is 11.6 Å². The highest BCUT2D eigenvalue weighted by molar-refractivity contribution is 6.04. The number of aromatic nitrogens is 1. The Kier molecular flexibility index (Phi) is 5.28. The second kappa shape index (κ2) is 7.79. The van der Waals surface area contributed by atoms with E-state index in [9.17, 15) is 4.79 Å². The summed E-state index contributed by atoms with van der Waals surface area (Å²) in [6.07, 6.45) is 3.36. The quantitative estimate of drug-likeness (QED) is 0.914. The molecular formula is C18H20N2O4. The number of anilines is 1. The van der Waals surface area contributed by atoms with Crippen molar-refractivity contribution in [2.24, 2.45) is 0 Å². The van der Waals surface area contributed by atoms with Gasteiger partial charge in [-0.05, 0) is 18.2 Å². The number of carbonyl (C=O) groups is 1. The van der Waals surface area contributed by atoms with Crippen LogP contribution in [0.2, 0.25) is 0 Å². The maximum Gasteiger partial charge on any atom is 0.257 e. The van der Waals surface area contributed by atoms with Crippen molar-refractivity contribution in [1.29, 1.82) is 0 Å². The van der Waals surface area contributed by atoms with E-state index in [0.717, 1.165) is 12.8 Å². The molecule has 24 heavy (non-hydrogen) atoms. The van der Waals surface area contributed by atoms with Gasteiger partial charge in [0.1, 0.15) is 11.9 Å². The first-order chi connectivity index (χ1) is 11.8. The first-order valence-corrected chi connectivity index (χ1v) is 7.91. The van der Waals surface area contributed by atoms with Crippen LogP contribution in [0.1, 0.15) is 23.2 Å². The molecule has 1 amide bonds. The van der Waals surface area contributed by atoms with E-state index in [1.807, 2.05) is 12.1 Å². The zero-order valence-electron chi connectivity index (χ0n) is 13.5. The van der Waals surface area contributed by atoms with Gasteiger partial charge in [-0.25, -0.2) is 4.98 Å². The van der Waals surface area contributed by atoms with E-state index in [0.29, 0.717) is 36.1 Å². The number of carbonyl (C=O) groups excluding carboxylic acids is 1. The van der Waals surface area contributed by atoms with Crippen LogP contribution in [0.5, 0.6) is 11.6 Å². The fraction of sp³-hybridized carbons (Fsp3) is 0.333. The first kappa shape index (κ1) is 16.3. The third-order valence-corrected chi connectivity index (χ3v) is 3.81. The maximum absolute atomic E-state index is 12.3. The fourth-order valence-electron chi connectivity index (χ4n) is 2.49. The van der Waals surface area contributed by atoms with Crippen LogP contribution in [0.4, 0.5) is 5.69 Å². The molecule has 1 aromatic carbocycles. The Morgan fingerprint density at radius 1 is 1.21 bits per heavy atom. The Balaban J connectivity index is 1.63. The van der Waals surface area contributed by atoms with E-state index in [1.54, 1.807) is 31.4 Å². The zero-order valence-corrected chi connectivity index (χ0v) is 13.5. The summed E-state index contributed by atoms with van der Waals surface area (Å²) in [4.78, 5) is 16.5. The van der Waals surface area contributed by atoms with Crippen LogP contribution >= 0.6 is 0 Å². The standard InChI is InChI=1S/C18H20N2O4/c1-22-16-5-3-2-4-15(16)20-18(21)13-6-7-17(19-12-13)24-14-8-10-23-11-9-14/h2-7,12,14H,8-11H2,1H3,(H,20,21). The molecule has 3 rings (SSSR count). The van der Waals surface area contributed by atoms with Gasteiger partial charge in [-0.15, -0.1) is 0 Å². The van der Waals surface area contributed by atoms with Gasteiger partial charge in [0.25, 0.3) is 5.91 Å². The van der Waals surface area contributed by atoms with Gasteiger partial charge in [0.15, 0.2) is 0 Å². The number of methoxy groups -OCH3 is 1. The van der Waals surface area contributed by atoms with Gasteiger partial charge in [-0.3, -0.25) is 4.79 Å². The normalized spacial score (nSPS) is 14.9. The summed E-state index contributed by atoms with van der Waals surface area (Å²) in [5, 5.41) is 2.82. The molecule has 126 valence electrons. The zero-order chi connectivity index (χ0) is 16.8. The summed E-state index contributed by atoms with van der Waals surface area (Å²) in [5.41, 5.74) is 1.08. The first-order valence-electron chi connectivity index (χ1n) is 7.91. The van der Waals surface area contributed by atoms with Crippen molar-refractivity contribution in [3.05, 3.63) is 48.2 Å². The smallest absolute Gasteiger partial charge is 0.257 e. The minimum absolute atomic E-state index is 0.125. The molecule has 1 aromatic heterocycles. The van der Waals surface area contributed by atoms with E-state index in [2.05, 4.69) is 10.3 Å². The van der Waals surface area contributed by atoms with Gasteiger partial charge in [-0.2, -0.15) is 0 Å². The summed E-state index contributed by atoms with van der Waals surface area (Å²) in [6.45, 7) is 1.42. The fourth-order valence-corrected chi connectivity index (χ4v) is 2.49. The number of benzene rings is 1. The average molecular weight is 328 g/mol. The molecule has 0 radical (unpaired) electrons. The van der Waals surface area contributed by atoms with Gasteiger partial charge in [-0.1, -0.05) is 12.1 Å². The number of hydrogen-bond acceptors (Lipinski definition) is 5. The third-order valence-electron chi connectivity index (χ3n) is 3.81. The molecule has 2 heterocycles. The SMILES string of the molecule is COc1ccccc1NC(=O)c1ccc(OC2CCOCC2)nc1. The van der Waals surface area contributed by atoms with Gasteiger partial charge in [0.05, 0.1) is 31.6 Å². The number of ether oxygens (including phenoxy) is 3. The van der Waals surface area contributed by atoms with Crippen molar-refractivity contribution >= 4 is 11.6 Å². The highest BCUT2D eigenvalue weighted by atomic mass is 16.5. The average Bonchev–Trinajstić information content (AvgIpc) is 2.63. The Labute approximate surface area is 140 Å². The molecule has 0 unspecified atom stereocenters. The van der Waals surface area contributed by atoms with E-state index < -0.39 is 0 Å². The highest BCUT2D eigenvalue weighted by Gasteiger charge is 2.16. The van der Waals surface area contributed by atoms with Crippen molar-refractivity contribution in [2.75, 3.05) is 25.6 Å². The molecule has 0 aliphatic carbocycles. The van der Waals surface area contributed by atoms with Crippen LogP contribution in [0.15, 0.2) is 42.6 Å². The number of pyridine rings is 1. The van der Waals surface area contributed by atoms with Gasteiger partial charge in [0, 0.05) is 25.1 Å². The summed E-state index contributed by atoms with van der Waals surface area (Å²) in [7, 11) is 1.56. The number of amides is 1. The topological polar surface area (TPSA) is 69.7 Å². The molecule has 1 aliphatic heterocycles. The van der Waals surface area contributed by atoms with E-state index in [-0.39, 0.29) is 12.0 Å². The summed E-state index contributed by atoms with van der Waals surface area (Å²) in [6, 6.07) is 10.7. The predicted octanol–water partition coefficient (Wildman–Crippen LogP) is 2.90. The van der Waals surface area contributed by atoms with Crippen molar-refractivity contribution in [3.63, 3.8) is 0 Å². The molecule has 1 saturated heterocycles. The van der Waals surface area contributed by atoms with E-state index in [1.165, 1.54) is 6.20 Å². The lowest BCUT2D eigenvalue weighted by molar-refractivity contribution is 0.0237. The maximum atomic E-state index is 12.3. The molecular weight excluding hydrogens is 308 g/mol. The second-order valence-corrected chi connectivity index (χ2v) is 5.47. The third kappa shape index (κ3) is 4.02. The molecule has 0 atom stereocenters. The largest absolute Gasteiger partial charge is 0.495 e. The molecule has 6 heteroatoms. The number of hydrogen-bond donors (Lipinski definition) is 1. The van der Waals surface area contributed by atoms with Crippen LogP contribution < -0.4 is 14.8 Å². The highest BCUT2D eigenvalue weighted by Crippen LogP contribution is 2.24. The lowest BCUT2D eigenvalue weighted by atomic mass is 10.1. The van der Waals surface area contributed by atoms with Gasteiger partial charge in [0.2, 0.25) is 5.88 Å². The number of rotatable bonds is 5. The number of nitrogens with one attached hydrogen (secondary N) is 1. The van der Waals surface area contributed by atoms with Crippen LogP contribution in [-0.2, 0) is 4.74 Å². The van der Waals surface area contributed by atoms with Gasteiger partial charge < -0.3 is 19.5 Å². The van der Waals surface area contributed by atoms with Crippen LogP contribution in [0.25, 0.3) is 0 Å². The molecule has 1 N–H and O–H groups in total. The van der Waals surface area contributed by atoms with Crippen molar-refractivity contribution in [1.82, 2.24) is 4.98 Å². The van der Waals surface area contributed by atoms with Gasteiger partial charge >= 0.3 is 0 Å². The lowest BCUT2D eigenvalue weighted by Crippen LogP contribution is -2.26. The molecule has 6 nitrogen and oxygen atoms in total. The predicted molar refractivity (Wildman–Crippen MR) is 89.7 cm³/mol. The minimum Gasteiger partial charge on any atom is -0.495 e. The van der Waals surface area contributed by atoms with Crippen molar-refractivity contribution in [2.45, 2.75) is 18.9 Å². The number of para-hydroxylation sites is 2. The second-order valence-electron chi connectivity index (χ2n) is 5.47. The number of nitrogens with zero attached hydrogens (tertiary/aromatic N) is 1. The van der Waals surface area contributed by atoms with Crippen molar-refractivity contribution < 1.29 is 19.0 Å². The minimum atomic E-state index is -0.246. The Bertz CT molecular complexity index is 682. The molecule has 1 aliphatic rings. The van der Waals surface area contributed by atoms with Crippen LogP contribution in [-0.4, -0.2) is 37.3 Å². The monoisotopic (exact) mass is 328 g/mol. The van der Waals surface area contributed by atoms with E-state index in [4.69, 9.17) is 14.2 Å². The Hall–Kier alpha value is -2.60. The molecule has 0 saturated carbocycles. The van der Waals surface area contributed by atoms with Crippen LogP contribution in [0, 0.1) is 0 Å².